The molecule has 0 aliphatic heterocycles. The molecule has 0 radical (unpaired) electrons. The Labute approximate surface area is 109 Å². The second-order valence-electron chi connectivity index (χ2n) is 4.46. The molecule has 1 saturated carbocycles. The summed E-state index contributed by atoms with van der Waals surface area (Å²) in [5, 5.41) is 15.6. The minimum absolute atomic E-state index is 0.0875. The summed E-state index contributed by atoms with van der Waals surface area (Å²) in [4.78, 5) is 33.2. The number of rotatable bonds is 3. The third kappa shape index (κ3) is 3.27. The van der Waals surface area contributed by atoms with Crippen LogP contribution in [-0.4, -0.2) is 22.8 Å². The number of carbonyl (C=O) groups excluding carboxylic acids is 2. The molecule has 1 aliphatic carbocycles. The Morgan fingerprint density at radius 3 is 2.58 bits per heavy atom. The van der Waals surface area contributed by atoms with Gasteiger partial charge in [0.2, 0.25) is 0 Å². The quantitative estimate of drug-likeness (QED) is 0.484. The molecule has 0 spiro atoms. The van der Waals surface area contributed by atoms with E-state index in [-0.39, 0.29) is 17.4 Å². The fourth-order valence-corrected chi connectivity index (χ4v) is 1.52. The van der Waals surface area contributed by atoms with Crippen LogP contribution in [0.2, 0.25) is 0 Å². The number of amides is 2. The van der Waals surface area contributed by atoms with Crippen LogP contribution >= 0.6 is 0 Å². The van der Waals surface area contributed by atoms with E-state index in [1.807, 2.05) is 0 Å². The molecular formula is C12H13N3O4. The van der Waals surface area contributed by atoms with Crippen LogP contribution in [0.5, 0.6) is 0 Å². The maximum absolute atomic E-state index is 11.6. The number of carbonyl (C=O) groups is 2. The molecule has 100 valence electrons. The average Bonchev–Trinajstić information content (AvgIpc) is 3.15. The van der Waals surface area contributed by atoms with E-state index >= 15 is 0 Å². The molecule has 1 aromatic rings. The third-order valence-electron chi connectivity index (χ3n) is 2.80. The van der Waals surface area contributed by atoms with Crippen molar-refractivity contribution in [2.75, 3.05) is 5.32 Å². The van der Waals surface area contributed by atoms with Gasteiger partial charge in [-0.25, -0.2) is 0 Å². The van der Waals surface area contributed by atoms with E-state index in [1.54, 1.807) is 6.92 Å². The fourth-order valence-electron chi connectivity index (χ4n) is 1.52. The zero-order valence-corrected chi connectivity index (χ0v) is 10.3. The maximum Gasteiger partial charge on any atom is 0.313 e. The number of hydrogen-bond acceptors (Lipinski definition) is 4. The van der Waals surface area contributed by atoms with Crippen LogP contribution in [-0.2, 0) is 9.59 Å². The summed E-state index contributed by atoms with van der Waals surface area (Å²) in [6, 6.07) is 4.18. The van der Waals surface area contributed by atoms with Crippen molar-refractivity contribution < 1.29 is 14.5 Å². The number of benzene rings is 1. The number of anilines is 1. The molecule has 0 aromatic heterocycles. The number of non-ortho nitro benzene ring substituents is 1. The van der Waals surface area contributed by atoms with Crippen LogP contribution in [0.3, 0.4) is 0 Å². The number of nitrogens with one attached hydrogen (secondary N) is 2. The Hall–Kier alpha value is -2.44. The lowest BCUT2D eigenvalue weighted by atomic mass is 10.2. The number of nitrogens with zero attached hydrogens (tertiary/aromatic N) is 1. The largest absolute Gasteiger partial charge is 0.345 e. The van der Waals surface area contributed by atoms with E-state index in [0.29, 0.717) is 5.56 Å². The van der Waals surface area contributed by atoms with Crippen molar-refractivity contribution in [2.24, 2.45) is 0 Å². The molecule has 2 N–H and O–H groups in total. The molecule has 19 heavy (non-hydrogen) atoms. The lowest BCUT2D eigenvalue weighted by Crippen LogP contribution is -2.36. The average molecular weight is 263 g/mol. The molecule has 0 bridgehead atoms. The predicted molar refractivity (Wildman–Crippen MR) is 67.6 cm³/mol. The van der Waals surface area contributed by atoms with Gasteiger partial charge in [-0.2, -0.15) is 0 Å². The summed E-state index contributed by atoms with van der Waals surface area (Å²) in [6.45, 7) is 1.69. The van der Waals surface area contributed by atoms with Gasteiger partial charge < -0.3 is 10.6 Å². The number of nitro benzene ring substituents is 1. The Kier molecular flexibility index (Phi) is 3.46. The molecule has 1 aliphatic rings. The van der Waals surface area contributed by atoms with Gasteiger partial charge in [-0.3, -0.25) is 19.7 Å². The summed E-state index contributed by atoms with van der Waals surface area (Å²) in [7, 11) is 0. The molecule has 1 aromatic carbocycles. The minimum Gasteiger partial charge on any atom is -0.345 e. The van der Waals surface area contributed by atoms with Crippen LogP contribution in [0, 0.1) is 17.0 Å². The van der Waals surface area contributed by atoms with Gasteiger partial charge in [-0.05, 0) is 25.3 Å². The highest BCUT2D eigenvalue weighted by molar-refractivity contribution is 6.39. The lowest BCUT2D eigenvalue weighted by Gasteiger charge is -2.08. The predicted octanol–water partition coefficient (Wildman–Crippen LogP) is 1.12. The Bertz CT molecular complexity index is 552. The standard InChI is InChI=1S/C12H13N3O4/c1-7-2-5-9(15(18)19)6-10(7)14-12(17)11(16)13-8-3-4-8/h2,5-6,8H,3-4H2,1H3,(H,13,16)(H,14,17). The molecule has 1 fully saturated rings. The van der Waals surface area contributed by atoms with E-state index in [0.717, 1.165) is 12.8 Å². The third-order valence-corrected chi connectivity index (χ3v) is 2.80. The summed E-state index contributed by atoms with van der Waals surface area (Å²) in [5.74, 6) is -1.52. The number of nitro groups is 1. The van der Waals surface area contributed by atoms with Crippen LogP contribution in [0.15, 0.2) is 18.2 Å². The molecule has 0 saturated heterocycles. The monoisotopic (exact) mass is 263 g/mol. The van der Waals surface area contributed by atoms with Crippen molar-refractivity contribution in [1.82, 2.24) is 5.32 Å². The molecule has 0 atom stereocenters. The zero-order chi connectivity index (χ0) is 14.0. The summed E-state index contributed by atoms with van der Waals surface area (Å²) in [5.41, 5.74) is 0.784. The van der Waals surface area contributed by atoms with Crippen LogP contribution in [0.1, 0.15) is 18.4 Å². The Morgan fingerprint density at radius 1 is 1.32 bits per heavy atom. The lowest BCUT2D eigenvalue weighted by molar-refractivity contribution is -0.384. The van der Waals surface area contributed by atoms with E-state index in [9.17, 15) is 19.7 Å². The van der Waals surface area contributed by atoms with Gasteiger partial charge in [0, 0.05) is 18.2 Å². The summed E-state index contributed by atoms with van der Waals surface area (Å²) < 4.78 is 0. The molecule has 7 nitrogen and oxygen atoms in total. The maximum atomic E-state index is 11.6. The first-order chi connectivity index (χ1) is 8.97. The summed E-state index contributed by atoms with van der Waals surface area (Å²) >= 11 is 0. The van der Waals surface area contributed by atoms with Crippen LogP contribution < -0.4 is 10.6 Å². The van der Waals surface area contributed by atoms with Crippen molar-refractivity contribution in [2.45, 2.75) is 25.8 Å². The zero-order valence-electron chi connectivity index (χ0n) is 10.3. The van der Waals surface area contributed by atoms with Gasteiger partial charge in [0.1, 0.15) is 0 Å². The van der Waals surface area contributed by atoms with Crippen molar-refractivity contribution in [3.63, 3.8) is 0 Å². The van der Waals surface area contributed by atoms with Gasteiger partial charge in [0.05, 0.1) is 10.6 Å². The highest BCUT2D eigenvalue weighted by Gasteiger charge is 2.26. The van der Waals surface area contributed by atoms with E-state index in [1.165, 1.54) is 18.2 Å². The molecular weight excluding hydrogens is 250 g/mol. The molecule has 2 amide bonds. The molecule has 2 rings (SSSR count). The summed E-state index contributed by atoms with van der Waals surface area (Å²) in [6.07, 6.45) is 1.77. The van der Waals surface area contributed by atoms with Gasteiger partial charge in [0.15, 0.2) is 0 Å². The van der Waals surface area contributed by atoms with Gasteiger partial charge in [-0.15, -0.1) is 0 Å². The Morgan fingerprint density at radius 2 is 2.00 bits per heavy atom. The first kappa shape index (κ1) is 13.0. The first-order valence-corrected chi connectivity index (χ1v) is 5.84. The van der Waals surface area contributed by atoms with Gasteiger partial charge >= 0.3 is 11.8 Å². The van der Waals surface area contributed by atoms with Crippen molar-refractivity contribution in [3.05, 3.63) is 33.9 Å². The van der Waals surface area contributed by atoms with Crippen molar-refractivity contribution in [3.8, 4) is 0 Å². The van der Waals surface area contributed by atoms with E-state index in [2.05, 4.69) is 10.6 Å². The molecule has 7 heteroatoms. The van der Waals surface area contributed by atoms with E-state index < -0.39 is 16.7 Å². The Balaban J connectivity index is 2.08. The first-order valence-electron chi connectivity index (χ1n) is 5.84. The fraction of sp³-hybridized carbons (Fsp3) is 0.333. The van der Waals surface area contributed by atoms with Gasteiger partial charge in [-0.1, -0.05) is 6.07 Å². The second kappa shape index (κ2) is 5.05. The SMILES string of the molecule is Cc1ccc([N+](=O)[O-])cc1NC(=O)C(=O)NC1CC1. The molecule has 0 unspecified atom stereocenters. The topological polar surface area (TPSA) is 101 Å². The smallest absolute Gasteiger partial charge is 0.313 e. The van der Waals surface area contributed by atoms with Crippen molar-refractivity contribution in [1.29, 1.82) is 0 Å². The van der Waals surface area contributed by atoms with E-state index in [4.69, 9.17) is 0 Å². The highest BCUT2D eigenvalue weighted by Crippen LogP contribution is 2.22. The number of aryl methyl sites for hydroxylation is 1. The van der Waals surface area contributed by atoms with Crippen LogP contribution in [0.25, 0.3) is 0 Å². The van der Waals surface area contributed by atoms with Crippen LogP contribution in [0.4, 0.5) is 11.4 Å². The number of hydrogen-bond donors (Lipinski definition) is 2. The van der Waals surface area contributed by atoms with Gasteiger partial charge in [0.25, 0.3) is 5.69 Å². The molecule has 0 heterocycles. The second-order valence-corrected chi connectivity index (χ2v) is 4.46. The van der Waals surface area contributed by atoms with Crippen molar-refractivity contribution >= 4 is 23.2 Å². The minimum atomic E-state index is -0.810. The normalized spacial score (nSPS) is 13.7. The highest BCUT2D eigenvalue weighted by atomic mass is 16.6.